The van der Waals surface area contributed by atoms with Crippen molar-refractivity contribution in [3.63, 3.8) is 0 Å². The van der Waals surface area contributed by atoms with Gasteiger partial charge in [-0.2, -0.15) is 0 Å². The van der Waals surface area contributed by atoms with Crippen LogP contribution in [0.25, 0.3) is 21.3 Å². The van der Waals surface area contributed by atoms with Crippen molar-refractivity contribution in [1.82, 2.24) is 15.0 Å². The van der Waals surface area contributed by atoms with Crippen molar-refractivity contribution in [3.8, 4) is 11.1 Å². The number of aliphatic hydroxyl groups is 1. The normalized spacial score (nSPS) is 26.9. The maximum atomic E-state index is 12.5. The molecule has 3 aromatic rings. The van der Waals surface area contributed by atoms with Crippen LogP contribution < -0.4 is 5.32 Å². The molecule has 0 saturated heterocycles. The Kier molecular flexibility index (Phi) is 6.13. The number of hydrogen-bond donors (Lipinski definition) is 2. The average Bonchev–Trinajstić information content (AvgIpc) is 3.40. The summed E-state index contributed by atoms with van der Waals surface area (Å²) in [5.74, 6) is 0.566. The van der Waals surface area contributed by atoms with Gasteiger partial charge in [0, 0.05) is 31.0 Å². The first-order chi connectivity index (χ1) is 15.9. The standard InChI is InChI=1S/C24H28N4O4S/c1-24(31-2)9-15(10-24)22(30)28-23-27-17-7-6-14(8-20(17)33-23)16-11-25-21(26-12-16)13-32-19-5-3-4-18(19)29/h6-8,11-12,15,18-19,29H,3-5,9-10,13H2,1-2H3,(H,27,28,30)/t15-,18-,19-,24+/m0/s1. The number of fused-ring (bicyclic) bond motifs is 1. The Morgan fingerprint density at radius 2 is 2.03 bits per heavy atom. The zero-order valence-electron chi connectivity index (χ0n) is 18.8. The largest absolute Gasteiger partial charge is 0.390 e. The Hall–Kier alpha value is -2.46. The van der Waals surface area contributed by atoms with Gasteiger partial charge in [0.05, 0.1) is 28.0 Å². The summed E-state index contributed by atoms with van der Waals surface area (Å²) in [5.41, 5.74) is 2.54. The molecule has 2 saturated carbocycles. The van der Waals surface area contributed by atoms with Crippen LogP contribution >= 0.6 is 11.3 Å². The topological polar surface area (TPSA) is 106 Å². The number of carbonyl (C=O) groups is 1. The van der Waals surface area contributed by atoms with Crippen LogP contribution in [0, 0.1) is 5.92 Å². The lowest BCUT2D eigenvalue weighted by atomic mass is 9.71. The highest BCUT2D eigenvalue weighted by atomic mass is 32.1. The number of thiazole rings is 1. The van der Waals surface area contributed by atoms with Crippen molar-refractivity contribution in [3.05, 3.63) is 36.4 Å². The second-order valence-electron chi connectivity index (χ2n) is 9.19. The molecule has 2 aliphatic carbocycles. The van der Waals surface area contributed by atoms with Gasteiger partial charge in [-0.15, -0.1) is 0 Å². The Morgan fingerprint density at radius 3 is 2.73 bits per heavy atom. The monoisotopic (exact) mass is 468 g/mol. The number of ether oxygens (including phenoxy) is 2. The van der Waals surface area contributed by atoms with Crippen LogP contribution in [-0.2, 0) is 20.9 Å². The summed E-state index contributed by atoms with van der Waals surface area (Å²) in [7, 11) is 1.69. The number of aromatic nitrogens is 3. The molecule has 2 aliphatic rings. The molecular weight excluding hydrogens is 440 g/mol. The van der Waals surface area contributed by atoms with E-state index in [9.17, 15) is 9.90 Å². The number of aliphatic hydroxyl groups excluding tert-OH is 1. The quantitative estimate of drug-likeness (QED) is 0.541. The van der Waals surface area contributed by atoms with E-state index in [1.807, 2.05) is 25.1 Å². The zero-order valence-corrected chi connectivity index (χ0v) is 19.6. The fraction of sp³-hybridized carbons (Fsp3) is 0.500. The van der Waals surface area contributed by atoms with Gasteiger partial charge in [0.25, 0.3) is 0 Å². The molecule has 0 bridgehead atoms. The van der Waals surface area contributed by atoms with Gasteiger partial charge in [0.1, 0.15) is 6.61 Å². The van der Waals surface area contributed by atoms with Crippen LogP contribution in [0.5, 0.6) is 0 Å². The number of methoxy groups -OCH3 is 1. The van der Waals surface area contributed by atoms with E-state index in [2.05, 4.69) is 20.3 Å². The summed E-state index contributed by atoms with van der Waals surface area (Å²) >= 11 is 1.46. The van der Waals surface area contributed by atoms with E-state index in [1.54, 1.807) is 19.5 Å². The molecule has 0 radical (unpaired) electrons. The van der Waals surface area contributed by atoms with Crippen LogP contribution in [0.2, 0.25) is 0 Å². The number of benzene rings is 1. The lowest BCUT2D eigenvalue weighted by Gasteiger charge is -2.42. The summed E-state index contributed by atoms with van der Waals surface area (Å²) < 4.78 is 12.2. The van der Waals surface area contributed by atoms with E-state index in [1.165, 1.54) is 11.3 Å². The van der Waals surface area contributed by atoms with Gasteiger partial charge in [-0.3, -0.25) is 4.79 Å². The molecule has 174 valence electrons. The maximum Gasteiger partial charge on any atom is 0.229 e. The van der Waals surface area contributed by atoms with Crippen LogP contribution in [0.4, 0.5) is 5.13 Å². The lowest BCUT2D eigenvalue weighted by molar-refractivity contribution is -0.138. The third kappa shape index (κ3) is 4.77. The molecule has 2 heterocycles. The molecule has 0 aliphatic heterocycles. The van der Waals surface area contributed by atoms with Gasteiger partial charge in [0.15, 0.2) is 11.0 Å². The molecule has 0 spiro atoms. The number of rotatable bonds is 7. The Bertz CT molecular complexity index is 1140. The van der Waals surface area contributed by atoms with Gasteiger partial charge in [-0.1, -0.05) is 17.4 Å². The van der Waals surface area contributed by atoms with Gasteiger partial charge in [-0.25, -0.2) is 15.0 Å². The first kappa shape index (κ1) is 22.3. The molecule has 2 atom stereocenters. The second-order valence-corrected chi connectivity index (χ2v) is 10.2. The number of anilines is 1. The number of carbonyl (C=O) groups excluding carboxylic acids is 1. The van der Waals surface area contributed by atoms with Gasteiger partial charge in [0.2, 0.25) is 5.91 Å². The van der Waals surface area contributed by atoms with Crippen LogP contribution in [0.3, 0.4) is 0 Å². The van der Waals surface area contributed by atoms with Crippen molar-refractivity contribution in [1.29, 1.82) is 0 Å². The van der Waals surface area contributed by atoms with E-state index in [0.29, 0.717) is 17.6 Å². The first-order valence-corrected chi connectivity index (χ1v) is 12.1. The molecule has 9 heteroatoms. The molecule has 2 fully saturated rings. The van der Waals surface area contributed by atoms with Crippen molar-refractivity contribution < 1.29 is 19.4 Å². The Labute approximate surface area is 196 Å². The fourth-order valence-corrected chi connectivity index (χ4v) is 5.47. The SMILES string of the molecule is CO[C@]1(C)C[C@H](C(=O)Nc2nc3ccc(-c4cnc(CO[C@H]5CCC[C@@H]5O)nc4)cc3s2)C1. The smallest absolute Gasteiger partial charge is 0.229 e. The molecule has 33 heavy (non-hydrogen) atoms. The number of amides is 1. The highest BCUT2D eigenvalue weighted by molar-refractivity contribution is 7.22. The summed E-state index contributed by atoms with van der Waals surface area (Å²) in [5, 5.41) is 13.4. The molecule has 2 aromatic heterocycles. The van der Waals surface area contributed by atoms with Crippen LogP contribution in [0.1, 0.15) is 44.9 Å². The summed E-state index contributed by atoms with van der Waals surface area (Å²) in [6.45, 7) is 2.32. The molecule has 1 amide bonds. The minimum Gasteiger partial charge on any atom is -0.390 e. The summed E-state index contributed by atoms with van der Waals surface area (Å²) in [4.78, 5) is 25.9. The number of nitrogens with one attached hydrogen (secondary N) is 1. The Balaban J connectivity index is 1.22. The summed E-state index contributed by atoms with van der Waals surface area (Å²) in [6, 6.07) is 5.96. The van der Waals surface area contributed by atoms with E-state index >= 15 is 0 Å². The molecule has 0 unspecified atom stereocenters. The predicted octanol–water partition coefficient (Wildman–Crippen LogP) is 3.94. The third-order valence-corrected chi connectivity index (χ3v) is 7.65. The third-order valence-electron chi connectivity index (χ3n) is 6.72. The van der Waals surface area contributed by atoms with Crippen LogP contribution in [-0.4, -0.2) is 50.9 Å². The number of hydrogen-bond acceptors (Lipinski definition) is 8. The minimum absolute atomic E-state index is 0.000125. The fourth-order valence-electron chi connectivity index (χ4n) is 4.56. The molecule has 2 N–H and O–H groups in total. The first-order valence-electron chi connectivity index (χ1n) is 11.3. The molecule has 5 rings (SSSR count). The molecule has 8 nitrogen and oxygen atoms in total. The van der Waals surface area contributed by atoms with Crippen molar-refractivity contribution >= 4 is 32.6 Å². The second kappa shape index (κ2) is 9.06. The predicted molar refractivity (Wildman–Crippen MR) is 126 cm³/mol. The number of nitrogens with zero attached hydrogens (tertiary/aromatic N) is 3. The van der Waals surface area contributed by atoms with E-state index in [-0.39, 0.29) is 29.6 Å². The maximum absolute atomic E-state index is 12.5. The lowest BCUT2D eigenvalue weighted by Crippen LogP contribution is -2.47. The van der Waals surface area contributed by atoms with Crippen molar-refractivity contribution in [2.45, 2.75) is 63.4 Å². The van der Waals surface area contributed by atoms with E-state index in [0.717, 1.165) is 53.4 Å². The van der Waals surface area contributed by atoms with E-state index in [4.69, 9.17) is 9.47 Å². The van der Waals surface area contributed by atoms with Gasteiger partial charge < -0.3 is 19.9 Å². The zero-order chi connectivity index (χ0) is 23.0. The van der Waals surface area contributed by atoms with Gasteiger partial charge in [-0.05, 0) is 56.7 Å². The molecular formula is C24H28N4O4S. The van der Waals surface area contributed by atoms with Crippen LogP contribution in [0.15, 0.2) is 30.6 Å². The van der Waals surface area contributed by atoms with E-state index < -0.39 is 0 Å². The Morgan fingerprint density at radius 1 is 1.24 bits per heavy atom. The highest BCUT2D eigenvalue weighted by Gasteiger charge is 2.44. The van der Waals surface area contributed by atoms with Crippen molar-refractivity contribution in [2.75, 3.05) is 12.4 Å². The van der Waals surface area contributed by atoms with Gasteiger partial charge >= 0.3 is 0 Å². The average molecular weight is 469 g/mol. The highest BCUT2D eigenvalue weighted by Crippen LogP contribution is 2.41. The minimum atomic E-state index is -0.385. The van der Waals surface area contributed by atoms with Crippen molar-refractivity contribution in [2.24, 2.45) is 5.92 Å². The summed E-state index contributed by atoms with van der Waals surface area (Å²) in [6.07, 6.45) is 7.18. The molecule has 1 aromatic carbocycles.